The summed E-state index contributed by atoms with van der Waals surface area (Å²) in [6, 6.07) is 0. The van der Waals surface area contributed by atoms with Crippen molar-refractivity contribution in [3.63, 3.8) is 0 Å². The van der Waals surface area contributed by atoms with E-state index in [1.165, 1.54) is 5.57 Å². The predicted octanol–water partition coefficient (Wildman–Crippen LogP) is 3.02. The first-order valence-electron chi connectivity index (χ1n) is 5.51. The second-order valence-electron chi connectivity index (χ2n) is 4.83. The lowest BCUT2D eigenvalue weighted by atomic mass is 10.0. The van der Waals surface area contributed by atoms with Crippen LogP contribution in [0.5, 0.6) is 0 Å². The van der Waals surface area contributed by atoms with Gasteiger partial charge < -0.3 is 0 Å². The van der Waals surface area contributed by atoms with Crippen molar-refractivity contribution in [2.45, 2.75) is 39.3 Å². The molecule has 1 aliphatic rings. The third kappa shape index (κ3) is 3.09. The van der Waals surface area contributed by atoms with Gasteiger partial charge in [-0.3, -0.25) is 4.90 Å². The van der Waals surface area contributed by atoms with E-state index in [4.69, 9.17) is 0 Å². The number of nitrogens with zero attached hydrogens (tertiary/aromatic N) is 1. The van der Waals surface area contributed by atoms with Crippen LogP contribution in [0.4, 0.5) is 4.39 Å². The molecule has 0 bridgehead atoms. The van der Waals surface area contributed by atoms with E-state index in [1.54, 1.807) is 6.92 Å². The lowest BCUT2D eigenvalue weighted by Crippen LogP contribution is -2.36. The maximum absolute atomic E-state index is 13.7. The largest absolute Gasteiger partial charge is 0.300 e. The van der Waals surface area contributed by atoms with Crippen molar-refractivity contribution in [2.24, 2.45) is 5.92 Å². The van der Waals surface area contributed by atoms with Crippen LogP contribution < -0.4 is 0 Å². The number of halogens is 1. The van der Waals surface area contributed by atoms with Crippen molar-refractivity contribution < 1.29 is 4.39 Å². The molecule has 2 atom stereocenters. The van der Waals surface area contributed by atoms with Crippen LogP contribution in [0.25, 0.3) is 0 Å². The first-order chi connectivity index (χ1) is 6.44. The molecule has 0 saturated carbocycles. The lowest BCUT2D eigenvalue weighted by Gasteiger charge is -2.25. The molecule has 14 heavy (non-hydrogen) atoms. The van der Waals surface area contributed by atoms with E-state index in [1.807, 2.05) is 6.92 Å². The summed E-state index contributed by atoms with van der Waals surface area (Å²) in [4.78, 5) is 2.23. The second kappa shape index (κ2) is 4.43. The van der Waals surface area contributed by atoms with Gasteiger partial charge in [0.25, 0.3) is 0 Å². The van der Waals surface area contributed by atoms with Gasteiger partial charge in [-0.2, -0.15) is 0 Å². The summed E-state index contributed by atoms with van der Waals surface area (Å²) in [6.07, 6.45) is 1.75. The molecule has 1 saturated heterocycles. The minimum absolute atomic E-state index is 0.577. The van der Waals surface area contributed by atoms with Crippen LogP contribution in [0.2, 0.25) is 0 Å². The summed E-state index contributed by atoms with van der Waals surface area (Å²) in [7, 11) is 0. The van der Waals surface area contributed by atoms with Crippen LogP contribution in [-0.4, -0.2) is 30.2 Å². The Morgan fingerprint density at radius 1 is 1.64 bits per heavy atom. The molecule has 1 fully saturated rings. The number of rotatable bonds is 4. The van der Waals surface area contributed by atoms with Gasteiger partial charge in [-0.05, 0) is 39.2 Å². The monoisotopic (exact) mass is 199 g/mol. The predicted molar refractivity (Wildman–Crippen MR) is 59.2 cm³/mol. The number of likely N-dealkylation sites (tertiary alicyclic amines) is 1. The highest BCUT2D eigenvalue weighted by Crippen LogP contribution is 2.25. The normalized spacial score (nSPS) is 27.6. The highest BCUT2D eigenvalue weighted by Gasteiger charge is 2.29. The number of hydrogen-bond donors (Lipinski definition) is 0. The summed E-state index contributed by atoms with van der Waals surface area (Å²) in [5.41, 5.74) is 0.216. The summed E-state index contributed by atoms with van der Waals surface area (Å²) < 4.78 is 13.7. The van der Waals surface area contributed by atoms with Crippen molar-refractivity contribution >= 4 is 0 Å². The van der Waals surface area contributed by atoms with E-state index >= 15 is 0 Å². The molecule has 0 aromatic rings. The minimum atomic E-state index is -1.02. The standard InChI is InChI=1S/C12H22FN/c1-5-12(4,13)9-14-7-6-11(8-14)10(2)3/h11H,2,5-9H2,1,3-4H3. The summed E-state index contributed by atoms with van der Waals surface area (Å²) in [5, 5.41) is 0. The topological polar surface area (TPSA) is 3.24 Å². The Morgan fingerprint density at radius 3 is 2.71 bits per heavy atom. The summed E-state index contributed by atoms with van der Waals surface area (Å²) in [6.45, 7) is 12.2. The zero-order valence-electron chi connectivity index (χ0n) is 9.65. The zero-order valence-corrected chi connectivity index (χ0v) is 9.65. The Kier molecular flexibility index (Phi) is 3.71. The highest BCUT2D eigenvalue weighted by molar-refractivity contribution is 5.01. The molecule has 0 spiro atoms. The fourth-order valence-corrected chi connectivity index (χ4v) is 1.96. The molecule has 0 aromatic heterocycles. The first kappa shape index (κ1) is 11.7. The quantitative estimate of drug-likeness (QED) is 0.629. The molecule has 82 valence electrons. The van der Waals surface area contributed by atoms with E-state index in [0.717, 1.165) is 19.5 Å². The van der Waals surface area contributed by atoms with E-state index in [-0.39, 0.29) is 0 Å². The molecule has 0 N–H and O–H groups in total. The molecule has 1 aliphatic heterocycles. The first-order valence-corrected chi connectivity index (χ1v) is 5.51. The number of hydrogen-bond acceptors (Lipinski definition) is 1. The van der Waals surface area contributed by atoms with Crippen molar-refractivity contribution in [1.29, 1.82) is 0 Å². The Labute approximate surface area is 87.0 Å². The average Bonchev–Trinajstić information content (AvgIpc) is 2.52. The molecule has 1 nitrogen and oxygen atoms in total. The molecule has 2 unspecified atom stereocenters. The van der Waals surface area contributed by atoms with Gasteiger partial charge in [0.15, 0.2) is 0 Å². The molecule has 0 radical (unpaired) electrons. The second-order valence-corrected chi connectivity index (χ2v) is 4.83. The van der Waals surface area contributed by atoms with Crippen molar-refractivity contribution in [2.75, 3.05) is 19.6 Å². The maximum atomic E-state index is 13.7. The zero-order chi connectivity index (χ0) is 10.8. The molecule has 1 rings (SSSR count). The Balaban J connectivity index is 2.39. The van der Waals surface area contributed by atoms with Gasteiger partial charge in [0.1, 0.15) is 5.67 Å². The third-order valence-electron chi connectivity index (χ3n) is 3.26. The maximum Gasteiger partial charge on any atom is 0.120 e. The Bertz CT molecular complexity index is 210. The van der Waals surface area contributed by atoms with Crippen molar-refractivity contribution in [3.05, 3.63) is 12.2 Å². The summed E-state index contributed by atoms with van der Waals surface area (Å²) in [5.74, 6) is 0.586. The van der Waals surface area contributed by atoms with Crippen LogP contribution in [0.3, 0.4) is 0 Å². The highest BCUT2D eigenvalue weighted by atomic mass is 19.1. The fraction of sp³-hybridized carbons (Fsp3) is 0.833. The molecular weight excluding hydrogens is 177 g/mol. The van der Waals surface area contributed by atoms with Crippen LogP contribution in [-0.2, 0) is 0 Å². The molecular formula is C12H22FN. The van der Waals surface area contributed by atoms with Gasteiger partial charge in [0.2, 0.25) is 0 Å². The lowest BCUT2D eigenvalue weighted by molar-refractivity contribution is 0.118. The van der Waals surface area contributed by atoms with Crippen LogP contribution in [0.15, 0.2) is 12.2 Å². The van der Waals surface area contributed by atoms with E-state index in [9.17, 15) is 4.39 Å². The van der Waals surface area contributed by atoms with Gasteiger partial charge in [-0.1, -0.05) is 19.1 Å². The minimum Gasteiger partial charge on any atom is -0.300 e. The SMILES string of the molecule is C=C(C)C1CCN(CC(C)(F)CC)C1. The smallest absolute Gasteiger partial charge is 0.120 e. The third-order valence-corrected chi connectivity index (χ3v) is 3.26. The van der Waals surface area contributed by atoms with E-state index < -0.39 is 5.67 Å². The molecule has 0 aromatic carbocycles. The van der Waals surface area contributed by atoms with Crippen LogP contribution >= 0.6 is 0 Å². The van der Waals surface area contributed by atoms with Gasteiger partial charge >= 0.3 is 0 Å². The van der Waals surface area contributed by atoms with Gasteiger partial charge in [0, 0.05) is 13.1 Å². The van der Waals surface area contributed by atoms with Crippen molar-refractivity contribution in [3.8, 4) is 0 Å². The van der Waals surface area contributed by atoms with Gasteiger partial charge in [0.05, 0.1) is 0 Å². The number of alkyl halides is 1. The molecule has 2 heteroatoms. The molecule has 1 heterocycles. The van der Waals surface area contributed by atoms with Crippen LogP contribution in [0.1, 0.15) is 33.6 Å². The van der Waals surface area contributed by atoms with Gasteiger partial charge in [-0.25, -0.2) is 4.39 Å². The Hall–Kier alpha value is -0.370. The molecule has 0 amide bonds. The van der Waals surface area contributed by atoms with Gasteiger partial charge in [-0.15, -0.1) is 0 Å². The summed E-state index contributed by atoms with van der Waals surface area (Å²) >= 11 is 0. The van der Waals surface area contributed by atoms with E-state index in [0.29, 0.717) is 18.9 Å². The van der Waals surface area contributed by atoms with E-state index in [2.05, 4.69) is 18.4 Å². The average molecular weight is 199 g/mol. The fourth-order valence-electron chi connectivity index (χ4n) is 1.96. The van der Waals surface area contributed by atoms with Crippen LogP contribution in [0, 0.1) is 5.92 Å². The molecule has 0 aliphatic carbocycles. The van der Waals surface area contributed by atoms with Crippen molar-refractivity contribution in [1.82, 2.24) is 4.90 Å². The Morgan fingerprint density at radius 2 is 2.29 bits per heavy atom.